The van der Waals surface area contributed by atoms with Crippen LogP contribution in [-0.4, -0.2) is 34.8 Å². The molecule has 2 fully saturated rings. The summed E-state index contributed by atoms with van der Waals surface area (Å²) >= 11 is 0. The molecule has 2 aromatic rings. The predicted molar refractivity (Wildman–Crippen MR) is 109 cm³/mol. The summed E-state index contributed by atoms with van der Waals surface area (Å²) in [4.78, 5) is 30.6. The maximum atomic E-state index is 12.5. The Morgan fingerprint density at radius 3 is 2.41 bits per heavy atom. The third-order valence-electron chi connectivity index (χ3n) is 5.62. The molecule has 6 nitrogen and oxygen atoms in total. The number of hydrogen-bond donors (Lipinski definition) is 1. The first kappa shape index (κ1) is 19.4. The van der Waals surface area contributed by atoms with Crippen molar-refractivity contribution in [3.05, 3.63) is 59.9 Å². The number of benzene rings is 1. The maximum Gasteiger partial charge on any atom is 0.225 e. The van der Waals surface area contributed by atoms with Crippen molar-refractivity contribution in [3.63, 3.8) is 0 Å². The minimum Gasteiger partial charge on any atom is -0.489 e. The Hall–Kier alpha value is -2.89. The zero-order chi connectivity index (χ0) is 20.1. The first-order chi connectivity index (χ1) is 14.2. The smallest absolute Gasteiger partial charge is 0.225 e. The molecule has 1 aromatic heterocycles. The van der Waals surface area contributed by atoms with E-state index in [1.165, 1.54) is 0 Å². The fraction of sp³-hybridized carbons (Fsp3) is 0.435. The van der Waals surface area contributed by atoms with Crippen molar-refractivity contribution in [1.82, 2.24) is 15.2 Å². The molecule has 1 aliphatic heterocycles. The van der Waals surface area contributed by atoms with Crippen LogP contribution in [0.5, 0.6) is 5.75 Å². The third kappa shape index (κ3) is 5.34. The molecule has 0 spiro atoms. The lowest BCUT2D eigenvalue weighted by Gasteiger charge is -2.31. The molecule has 0 atom stereocenters. The van der Waals surface area contributed by atoms with Gasteiger partial charge in [0.15, 0.2) is 0 Å². The topological polar surface area (TPSA) is 71.5 Å². The summed E-state index contributed by atoms with van der Waals surface area (Å²) in [6, 6.07) is 11.6. The molecule has 4 rings (SSSR count). The first-order valence-electron chi connectivity index (χ1n) is 10.4. The third-order valence-corrected chi connectivity index (χ3v) is 5.62. The van der Waals surface area contributed by atoms with Gasteiger partial charge in [0.1, 0.15) is 12.4 Å². The van der Waals surface area contributed by atoms with Crippen molar-refractivity contribution in [2.24, 2.45) is 11.8 Å². The summed E-state index contributed by atoms with van der Waals surface area (Å²) < 4.78 is 5.76. The van der Waals surface area contributed by atoms with Crippen molar-refractivity contribution >= 4 is 11.8 Å². The number of ether oxygens (including phenoxy) is 1. The summed E-state index contributed by atoms with van der Waals surface area (Å²) in [5.74, 6) is 1.42. The molecular weight excluding hydrogens is 366 g/mol. The molecule has 2 aliphatic rings. The predicted octanol–water partition coefficient (Wildman–Crippen LogP) is 2.93. The normalized spacial score (nSPS) is 17.0. The van der Waals surface area contributed by atoms with Crippen LogP contribution in [-0.2, 0) is 22.7 Å². The van der Waals surface area contributed by atoms with Gasteiger partial charge in [0.05, 0.1) is 0 Å². The number of carbonyl (C=O) groups excluding carboxylic acids is 2. The van der Waals surface area contributed by atoms with Crippen molar-refractivity contribution < 1.29 is 14.3 Å². The van der Waals surface area contributed by atoms with E-state index in [1.54, 1.807) is 12.4 Å². The summed E-state index contributed by atoms with van der Waals surface area (Å²) in [6.07, 6.45) is 7.11. The van der Waals surface area contributed by atoms with Gasteiger partial charge >= 0.3 is 0 Å². The van der Waals surface area contributed by atoms with E-state index >= 15 is 0 Å². The van der Waals surface area contributed by atoms with E-state index in [2.05, 4.69) is 10.3 Å². The lowest BCUT2D eigenvalue weighted by Crippen LogP contribution is -2.43. The van der Waals surface area contributed by atoms with Crippen LogP contribution in [0.3, 0.4) is 0 Å². The van der Waals surface area contributed by atoms with E-state index in [4.69, 9.17) is 4.74 Å². The highest BCUT2D eigenvalue weighted by molar-refractivity contribution is 5.82. The first-order valence-corrected chi connectivity index (χ1v) is 10.4. The van der Waals surface area contributed by atoms with Gasteiger partial charge in [0.25, 0.3) is 0 Å². The molecule has 1 saturated carbocycles. The summed E-state index contributed by atoms with van der Waals surface area (Å²) in [5.41, 5.74) is 2.06. The Balaban J connectivity index is 1.19. The van der Waals surface area contributed by atoms with Gasteiger partial charge in [-0.25, -0.2) is 0 Å². The van der Waals surface area contributed by atoms with E-state index in [9.17, 15) is 9.59 Å². The van der Waals surface area contributed by atoms with Gasteiger partial charge in [-0.3, -0.25) is 14.6 Å². The van der Waals surface area contributed by atoms with Crippen LogP contribution < -0.4 is 10.1 Å². The van der Waals surface area contributed by atoms with Crippen LogP contribution in [0.1, 0.15) is 36.8 Å². The highest BCUT2D eigenvalue weighted by Crippen LogP contribution is 2.32. The van der Waals surface area contributed by atoms with Gasteiger partial charge in [-0.15, -0.1) is 0 Å². The second kappa shape index (κ2) is 9.07. The average Bonchev–Trinajstić information content (AvgIpc) is 3.62. The molecule has 1 N–H and O–H groups in total. The minimum absolute atomic E-state index is 0.000316. The monoisotopic (exact) mass is 393 g/mol. The van der Waals surface area contributed by atoms with Crippen LogP contribution in [0.2, 0.25) is 0 Å². The highest BCUT2D eigenvalue weighted by atomic mass is 16.5. The lowest BCUT2D eigenvalue weighted by molar-refractivity contribution is -0.136. The quantitative estimate of drug-likeness (QED) is 0.785. The molecule has 0 bridgehead atoms. The van der Waals surface area contributed by atoms with Crippen molar-refractivity contribution in [2.45, 2.75) is 38.8 Å². The van der Waals surface area contributed by atoms with E-state index in [0.29, 0.717) is 26.2 Å². The minimum atomic E-state index is 0.000316. The fourth-order valence-electron chi connectivity index (χ4n) is 3.64. The number of pyridine rings is 1. The molecule has 1 saturated heterocycles. The Morgan fingerprint density at radius 2 is 1.76 bits per heavy atom. The Labute approximate surface area is 171 Å². The van der Waals surface area contributed by atoms with Crippen molar-refractivity contribution in [3.8, 4) is 5.75 Å². The van der Waals surface area contributed by atoms with E-state index in [1.807, 2.05) is 41.3 Å². The summed E-state index contributed by atoms with van der Waals surface area (Å²) in [7, 11) is 0. The number of hydrogen-bond acceptors (Lipinski definition) is 4. The second-order valence-corrected chi connectivity index (χ2v) is 7.89. The van der Waals surface area contributed by atoms with Gasteiger partial charge in [0, 0.05) is 49.4 Å². The summed E-state index contributed by atoms with van der Waals surface area (Å²) in [5, 5.41) is 3.03. The van der Waals surface area contributed by atoms with Crippen molar-refractivity contribution in [2.75, 3.05) is 13.1 Å². The molecule has 6 heteroatoms. The number of rotatable bonds is 7. The molecule has 1 aromatic carbocycles. The zero-order valence-corrected chi connectivity index (χ0v) is 16.5. The van der Waals surface area contributed by atoms with Crippen LogP contribution in [0.4, 0.5) is 0 Å². The number of carbonyl (C=O) groups is 2. The molecule has 0 unspecified atom stereocenters. The molecule has 1 aliphatic carbocycles. The molecule has 29 heavy (non-hydrogen) atoms. The molecule has 0 radical (unpaired) electrons. The fourth-order valence-corrected chi connectivity index (χ4v) is 3.64. The SMILES string of the molecule is O=C(NCc1ccc(OCc2cccnc2)cc1)C1CCN(C(=O)C2CC2)CC1. The van der Waals surface area contributed by atoms with Crippen molar-refractivity contribution in [1.29, 1.82) is 0 Å². The van der Waals surface area contributed by atoms with Crippen LogP contribution in [0, 0.1) is 11.8 Å². The zero-order valence-electron chi connectivity index (χ0n) is 16.5. The number of nitrogens with zero attached hydrogens (tertiary/aromatic N) is 2. The summed E-state index contributed by atoms with van der Waals surface area (Å²) in [6.45, 7) is 2.39. The van der Waals surface area contributed by atoms with Gasteiger partial charge in [0.2, 0.25) is 11.8 Å². The van der Waals surface area contributed by atoms with Gasteiger partial charge in [-0.05, 0) is 49.4 Å². The van der Waals surface area contributed by atoms with Gasteiger partial charge < -0.3 is 15.0 Å². The Morgan fingerprint density at radius 1 is 1.00 bits per heavy atom. The van der Waals surface area contributed by atoms with Crippen LogP contribution in [0.25, 0.3) is 0 Å². The van der Waals surface area contributed by atoms with Crippen LogP contribution >= 0.6 is 0 Å². The number of likely N-dealkylation sites (tertiary alicyclic amines) is 1. The number of piperidine rings is 1. The second-order valence-electron chi connectivity index (χ2n) is 7.89. The van der Waals surface area contributed by atoms with E-state index in [0.717, 1.165) is 42.6 Å². The molecular formula is C23H27N3O3. The molecule has 2 amide bonds. The maximum absolute atomic E-state index is 12.5. The lowest BCUT2D eigenvalue weighted by atomic mass is 9.95. The van der Waals surface area contributed by atoms with Crippen LogP contribution in [0.15, 0.2) is 48.8 Å². The van der Waals surface area contributed by atoms with Gasteiger partial charge in [-0.1, -0.05) is 18.2 Å². The standard InChI is InChI=1S/C23H27N3O3/c27-22(19-9-12-26(13-10-19)23(28)20-5-6-20)25-15-17-3-7-21(8-4-17)29-16-18-2-1-11-24-14-18/h1-4,7-8,11,14,19-20H,5-6,9-10,12-13,15-16H2,(H,25,27). The number of nitrogens with one attached hydrogen (secondary N) is 1. The molecule has 152 valence electrons. The highest BCUT2D eigenvalue weighted by Gasteiger charge is 2.35. The van der Waals surface area contributed by atoms with Gasteiger partial charge in [-0.2, -0.15) is 0 Å². The van der Waals surface area contributed by atoms with E-state index in [-0.39, 0.29) is 23.7 Å². The largest absolute Gasteiger partial charge is 0.489 e. The number of amides is 2. The molecule has 2 heterocycles. The Bertz CT molecular complexity index is 826. The Kier molecular flexibility index (Phi) is 6.08. The number of aromatic nitrogens is 1. The average molecular weight is 393 g/mol. The van der Waals surface area contributed by atoms with E-state index < -0.39 is 0 Å².